The van der Waals surface area contributed by atoms with Gasteiger partial charge < -0.3 is 25.5 Å². The minimum absolute atomic E-state index is 0.393. The number of ether oxygens (including phenoxy) is 1. The maximum absolute atomic E-state index is 12.1. The molecule has 25 heavy (non-hydrogen) atoms. The monoisotopic (exact) mass is 348 g/mol. The van der Waals surface area contributed by atoms with Crippen LogP contribution < -0.4 is 26.6 Å². The van der Waals surface area contributed by atoms with Crippen LogP contribution in [0.5, 0.6) is 5.75 Å². The van der Waals surface area contributed by atoms with Crippen molar-refractivity contribution in [1.29, 1.82) is 0 Å². The number of amides is 2. The van der Waals surface area contributed by atoms with Crippen LogP contribution in [0.2, 0.25) is 0 Å². The molecule has 0 radical (unpaired) electrons. The van der Waals surface area contributed by atoms with Gasteiger partial charge in [-0.15, -0.1) is 0 Å². The predicted octanol–water partition coefficient (Wildman–Crippen LogP) is -1.20. The normalized spacial score (nSPS) is 11.4. The fourth-order valence-corrected chi connectivity index (χ4v) is 1.91. The Labute approximate surface area is 140 Å². The summed E-state index contributed by atoms with van der Waals surface area (Å²) in [6.07, 6.45) is 0.923. The lowest BCUT2D eigenvalue weighted by Gasteiger charge is -2.16. The first kappa shape index (κ1) is 17.9. The largest absolute Gasteiger partial charge is 0.497 e. The number of aliphatic hydroxyl groups is 1. The Morgan fingerprint density at radius 1 is 1.24 bits per heavy atom. The van der Waals surface area contributed by atoms with Crippen LogP contribution >= 0.6 is 0 Å². The molecule has 5 N–H and O–H groups in total. The zero-order chi connectivity index (χ0) is 18.4. The minimum atomic E-state index is -1.29. The average Bonchev–Trinajstić information content (AvgIpc) is 2.60. The topological polar surface area (TPSA) is 153 Å². The maximum atomic E-state index is 12.1. The zero-order valence-electron chi connectivity index (χ0n) is 13.2. The molecule has 0 spiro atoms. The van der Waals surface area contributed by atoms with E-state index in [0.29, 0.717) is 11.4 Å². The number of hydrogen-bond donors (Lipinski definition) is 5. The summed E-state index contributed by atoms with van der Waals surface area (Å²) in [5.41, 5.74) is -1.64. The van der Waals surface area contributed by atoms with Gasteiger partial charge in [0.2, 0.25) is 5.91 Å². The molecule has 1 heterocycles. The van der Waals surface area contributed by atoms with Crippen LogP contribution in [0.1, 0.15) is 10.4 Å². The number of carbonyl (C=O) groups is 2. The molecule has 1 aromatic carbocycles. The van der Waals surface area contributed by atoms with E-state index in [4.69, 9.17) is 4.74 Å². The smallest absolute Gasteiger partial charge is 0.325 e. The number of aliphatic hydroxyl groups excluding tert-OH is 1. The van der Waals surface area contributed by atoms with Crippen molar-refractivity contribution in [3.8, 4) is 5.75 Å². The van der Waals surface area contributed by atoms with Gasteiger partial charge in [-0.2, -0.15) is 0 Å². The minimum Gasteiger partial charge on any atom is -0.497 e. The molecule has 132 valence electrons. The van der Waals surface area contributed by atoms with Gasteiger partial charge in [-0.3, -0.25) is 19.4 Å². The van der Waals surface area contributed by atoms with Crippen LogP contribution in [0.3, 0.4) is 0 Å². The highest BCUT2D eigenvalue weighted by Gasteiger charge is 2.22. The van der Waals surface area contributed by atoms with Gasteiger partial charge in [0, 0.05) is 11.9 Å². The van der Waals surface area contributed by atoms with Crippen molar-refractivity contribution >= 4 is 17.5 Å². The molecule has 0 unspecified atom stereocenters. The van der Waals surface area contributed by atoms with Gasteiger partial charge in [0.05, 0.1) is 13.7 Å². The highest BCUT2D eigenvalue weighted by Crippen LogP contribution is 2.15. The average molecular weight is 348 g/mol. The second-order valence-electron chi connectivity index (χ2n) is 4.91. The Hall–Kier alpha value is -3.40. The molecule has 0 aliphatic rings. The van der Waals surface area contributed by atoms with Crippen LogP contribution in [0.15, 0.2) is 40.1 Å². The lowest BCUT2D eigenvalue weighted by molar-refractivity contribution is -0.118. The Kier molecular flexibility index (Phi) is 5.69. The Morgan fingerprint density at radius 3 is 2.48 bits per heavy atom. The number of methoxy groups -OCH3 is 1. The van der Waals surface area contributed by atoms with E-state index < -0.39 is 41.3 Å². The van der Waals surface area contributed by atoms with Crippen LogP contribution in [0.25, 0.3) is 0 Å². The number of nitrogens with one attached hydrogen (secondary N) is 4. The summed E-state index contributed by atoms with van der Waals surface area (Å²) in [5, 5.41) is 14.1. The Morgan fingerprint density at radius 2 is 1.92 bits per heavy atom. The summed E-state index contributed by atoms with van der Waals surface area (Å²) in [6.45, 7) is -0.686. The fourth-order valence-electron chi connectivity index (χ4n) is 1.91. The molecule has 10 nitrogen and oxygen atoms in total. The molecule has 2 rings (SSSR count). The molecule has 10 heteroatoms. The highest BCUT2D eigenvalue weighted by atomic mass is 16.5. The number of aromatic amines is 2. The van der Waals surface area contributed by atoms with Crippen molar-refractivity contribution in [3.63, 3.8) is 0 Å². The first-order chi connectivity index (χ1) is 11.9. The Balaban J connectivity index is 2.07. The summed E-state index contributed by atoms with van der Waals surface area (Å²) >= 11 is 0. The summed E-state index contributed by atoms with van der Waals surface area (Å²) in [7, 11) is 1.50. The number of H-pyrrole nitrogens is 2. The highest BCUT2D eigenvalue weighted by molar-refractivity contribution is 6.00. The first-order valence-corrected chi connectivity index (χ1v) is 7.13. The van der Waals surface area contributed by atoms with Crippen LogP contribution in [0, 0.1) is 0 Å². The van der Waals surface area contributed by atoms with Gasteiger partial charge in [0.15, 0.2) is 0 Å². The van der Waals surface area contributed by atoms with Gasteiger partial charge >= 0.3 is 5.69 Å². The molecule has 0 saturated heterocycles. The van der Waals surface area contributed by atoms with Gasteiger partial charge in [-0.1, -0.05) is 0 Å². The van der Waals surface area contributed by atoms with Crippen LogP contribution in [-0.2, 0) is 4.79 Å². The first-order valence-electron chi connectivity index (χ1n) is 7.13. The van der Waals surface area contributed by atoms with Gasteiger partial charge in [-0.25, -0.2) is 4.79 Å². The van der Waals surface area contributed by atoms with Crippen molar-refractivity contribution < 1.29 is 19.4 Å². The number of rotatable bonds is 6. The number of anilines is 1. The second kappa shape index (κ2) is 7.93. The lowest BCUT2D eigenvalue weighted by Crippen LogP contribution is -2.47. The van der Waals surface area contributed by atoms with E-state index in [1.54, 1.807) is 24.3 Å². The summed E-state index contributed by atoms with van der Waals surface area (Å²) < 4.78 is 5.00. The Bertz CT molecular complexity index is 871. The molecule has 1 aromatic heterocycles. The molecule has 2 amide bonds. The van der Waals surface area contributed by atoms with Crippen molar-refractivity contribution in [3.05, 3.63) is 56.9 Å². The summed E-state index contributed by atoms with van der Waals surface area (Å²) in [5.74, 6) is -0.995. The molecular formula is C15H16N4O6. The van der Waals surface area contributed by atoms with Crippen molar-refractivity contribution in [1.82, 2.24) is 15.3 Å². The quantitative estimate of drug-likeness (QED) is 0.442. The van der Waals surface area contributed by atoms with E-state index in [1.165, 1.54) is 7.11 Å². The number of aromatic nitrogens is 2. The molecular weight excluding hydrogens is 332 g/mol. The molecule has 0 bridgehead atoms. The zero-order valence-corrected chi connectivity index (χ0v) is 13.2. The number of hydrogen-bond acceptors (Lipinski definition) is 6. The number of benzene rings is 1. The van der Waals surface area contributed by atoms with Crippen LogP contribution in [0.4, 0.5) is 5.69 Å². The van der Waals surface area contributed by atoms with Gasteiger partial charge in [0.25, 0.3) is 11.5 Å². The van der Waals surface area contributed by atoms with E-state index in [0.717, 1.165) is 6.20 Å². The van der Waals surface area contributed by atoms with E-state index in [9.17, 15) is 24.3 Å². The molecule has 2 aromatic rings. The third kappa shape index (κ3) is 4.54. The summed E-state index contributed by atoms with van der Waals surface area (Å²) in [6, 6.07) is 5.13. The SMILES string of the molecule is COc1ccc(NC(=O)[C@H](CO)NC(=O)c2c[nH]c(=O)[nH]c2=O)cc1. The standard InChI is InChI=1S/C15H16N4O6/c1-25-9-4-2-8(3-5-9)17-14(23)11(7-20)18-12(21)10-6-16-15(24)19-13(10)22/h2-6,11,20H,7H2,1H3,(H,17,23)(H,18,21)(H2,16,19,22,24)/t11-/m0/s1. The fraction of sp³-hybridized carbons (Fsp3) is 0.200. The van der Waals surface area contributed by atoms with Crippen molar-refractivity contribution in [2.45, 2.75) is 6.04 Å². The van der Waals surface area contributed by atoms with Gasteiger partial charge in [-0.05, 0) is 24.3 Å². The maximum Gasteiger partial charge on any atom is 0.325 e. The van der Waals surface area contributed by atoms with Crippen LogP contribution in [-0.4, -0.2) is 46.6 Å². The second-order valence-corrected chi connectivity index (χ2v) is 4.91. The summed E-state index contributed by atoms with van der Waals surface area (Å²) in [4.78, 5) is 50.7. The third-order valence-corrected chi connectivity index (χ3v) is 3.23. The van der Waals surface area contributed by atoms with Crippen molar-refractivity contribution in [2.75, 3.05) is 19.0 Å². The number of carbonyl (C=O) groups excluding carboxylic acids is 2. The van der Waals surface area contributed by atoms with E-state index in [1.807, 2.05) is 4.98 Å². The molecule has 1 atom stereocenters. The van der Waals surface area contributed by atoms with Gasteiger partial charge in [0.1, 0.15) is 17.4 Å². The third-order valence-electron chi connectivity index (χ3n) is 3.23. The van der Waals surface area contributed by atoms with E-state index in [2.05, 4.69) is 15.6 Å². The van der Waals surface area contributed by atoms with E-state index in [-0.39, 0.29) is 0 Å². The molecule has 0 aliphatic heterocycles. The predicted molar refractivity (Wildman–Crippen MR) is 87.6 cm³/mol. The lowest BCUT2D eigenvalue weighted by atomic mass is 10.2. The molecule has 0 aliphatic carbocycles. The van der Waals surface area contributed by atoms with E-state index >= 15 is 0 Å². The molecule has 0 saturated carbocycles. The van der Waals surface area contributed by atoms with Crippen molar-refractivity contribution in [2.24, 2.45) is 0 Å². The molecule has 0 fully saturated rings.